The highest BCUT2D eigenvalue weighted by molar-refractivity contribution is 7.10. The van der Waals surface area contributed by atoms with E-state index in [2.05, 4.69) is 5.32 Å². The summed E-state index contributed by atoms with van der Waals surface area (Å²) in [6, 6.07) is 8.63. The van der Waals surface area contributed by atoms with Gasteiger partial charge in [-0.2, -0.15) is 13.2 Å². The second-order valence-electron chi connectivity index (χ2n) is 4.78. The first-order valence-electron chi connectivity index (χ1n) is 6.50. The van der Waals surface area contributed by atoms with Crippen LogP contribution in [0.3, 0.4) is 0 Å². The average Bonchev–Trinajstić information content (AvgIpc) is 2.98. The highest BCUT2D eigenvalue weighted by Gasteiger charge is 2.30. The maximum Gasteiger partial charge on any atom is 0.416 e. The average molecular weight is 315 g/mol. The van der Waals surface area contributed by atoms with E-state index in [1.54, 1.807) is 11.3 Å². The van der Waals surface area contributed by atoms with Gasteiger partial charge in [-0.15, -0.1) is 11.3 Å². The van der Waals surface area contributed by atoms with Crippen molar-refractivity contribution in [3.63, 3.8) is 0 Å². The monoisotopic (exact) mass is 315 g/mol. The molecule has 0 bridgehead atoms. The fourth-order valence-corrected chi connectivity index (χ4v) is 2.70. The van der Waals surface area contributed by atoms with Gasteiger partial charge in [-0.1, -0.05) is 18.2 Å². The van der Waals surface area contributed by atoms with Gasteiger partial charge in [-0.05, 0) is 36.1 Å². The molecule has 2 N–H and O–H groups in total. The molecule has 2 aromatic rings. The standard InChI is InChI=1S/C15H16F3NOS/c1-10(14-3-2-8-21-14)19-9-13(20)11-4-6-12(7-5-11)15(16,17)18/h2-8,10,13,19-20H,9H2,1H3. The van der Waals surface area contributed by atoms with Gasteiger partial charge in [0.2, 0.25) is 0 Å². The molecule has 0 amide bonds. The van der Waals surface area contributed by atoms with Crippen LogP contribution in [-0.2, 0) is 6.18 Å². The minimum absolute atomic E-state index is 0.0918. The second kappa shape index (κ2) is 6.60. The fraction of sp³-hybridized carbons (Fsp3) is 0.333. The Labute approximate surface area is 125 Å². The summed E-state index contributed by atoms with van der Waals surface area (Å²) in [5, 5.41) is 15.2. The van der Waals surface area contributed by atoms with E-state index in [4.69, 9.17) is 0 Å². The predicted octanol–water partition coefficient (Wildman–Crippen LogP) is 4.15. The highest BCUT2D eigenvalue weighted by atomic mass is 32.1. The number of hydrogen-bond donors (Lipinski definition) is 2. The number of alkyl halides is 3. The van der Waals surface area contributed by atoms with Crippen LogP contribution in [0.5, 0.6) is 0 Å². The van der Waals surface area contributed by atoms with E-state index in [1.165, 1.54) is 12.1 Å². The third kappa shape index (κ3) is 4.30. The maximum absolute atomic E-state index is 12.5. The van der Waals surface area contributed by atoms with Crippen molar-refractivity contribution in [3.05, 3.63) is 57.8 Å². The topological polar surface area (TPSA) is 32.3 Å². The van der Waals surface area contributed by atoms with Crippen molar-refractivity contribution in [1.82, 2.24) is 5.32 Å². The zero-order chi connectivity index (χ0) is 15.5. The Morgan fingerprint density at radius 2 is 1.86 bits per heavy atom. The van der Waals surface area contributed by atoms with E-state index in [1.807, 2.05) is 24.4 Å². The normalized spacial score (nSPS) is 14.9. The fourth-order valence-electron chi connectivity index (χ4n) is 1.94. The Morgan fingerprint density at radius 1 is 1.19 bits per heavy atom. The molecule has 2 nitrogen and oxygen atoms in total. The SMILES string of the molecule is CC(NCC(O)c1ccc(C(F)(F)F)cc1)c1cccs1. The number of thiophene rings is 1. The van der Waals surface area contributed by atoms with Crippen LogP contribution in [0.15, 0.2) is 41.8 Å². The molecule has 0 aliphatic carbocycles. The Kier molecular flexibility index (Phi) is 5.03. The Hall–Kier alpha value is -1.37. The first-order valence-corrected chi connectivity index (χ1v) is 7.38. The number of nitrogens with one attached hydrogen (secondary N) is 1. The minimum Gasteiger partial charge on any atom is -0.387 e. The van der Waals surface area contributed by atoms with Gasteiger partial charge in [0.1, 0.15) is 0 Å². The Balaban J connectivity index is 1.93. The molecule has 6 heteroatoms. The first kappa shape index (κ1) is 16.0. The zero-order valence-electron chi connectivity index (χ0n) is 11.4. The maximum atomic E-state index is 12.5. The molecule has 1 aromatic carbocycles. The van der Waals surface area contributed by atoms with Crippen LogP contribution < -0.4 is 5.32 Å². The number of halogens is 3. The second-order valence-corrected chi connectivity index (χ2v) is 5.76. The van der Waals surface area contributed by atoms with Gasteiger partial charge in [-0.3, -0.25) is 0 Å². The largest absolute Gasteiger partial charge is 0.416 e. The van der Waals surface area contributed by atoms with Gasteiger partial charge in [0.15, 0.2) is 0 Å². The lowest BCUT2D eigenvalue weighted by molar-refractivity contribution is -0.137. The summed E-state index contributed by atoms with van der Waals surface area (Å²) >= 11 is 1.61. The molecule has 1 aromatic heterocycles. The summed E-state index contributed by atoms with van der Waals surface area (Å²) < 4.78 is 37.4. The lowest BCUT2D eigenvalue weighted by Gasteiger charge is -2.17. The third-order valence-electron chi connectivity index (χ3n) is 3.21. The lowest BCUT2D eigenvalue weighted by Crippen LogP contribution is -2.24. The number of benzene rings is 1. The quantitative estimate of drug-likeness (QED) is 0.869. The summed E-state index contributed by atoms with van der Waals surface area (Å²) in [5.74, 6) is 0. The summed E-state index contributed by atoms with van der Waals surface area (Å²) in [6.07, 6.45) is -5.19. The van der Waals surface area contributed by atoms with Crippen molar-refractivity contribution in [3.8, 4) is 0 Å². The van der Waals surface area contributed by atoms with Crippen LogP contribution in [-0.4, -0.2) is 11.7 Å². The number of aliphatic hydroxyl groups is 1. The molecule has 1 heterocycles. The molecule has 0 aliphatic heterocycles. The summed E-state index contributed by atoms with van der Waals surface area (Å²) in [5.41, 5.74) is -0.243. The van der Waals surface area contributed by atoms with Crippen LogP contribution in [0.4, 0.5) is 13.2 Å². The molecule has 21 heavy (non-hydrogen) atoms. The molecular formula is C15H16F3NOS. The zero-order valence-corrected chi connectivity index (χ0v) is 12.2. The summed E-state index contributed by atoms with van der Waals surface area (Å²) in [6.45, 7) is 2.26. The van der Waals surface area contributed by atoms with Gasteiger partial charge in [0.25, 0.3) is 0 Å². The lowest BCUT2D eigenvalue weighted by atomic mass is 10.1. The van der Waals surface area contributed by atoms with Crippen LogP contribution in [0, 0.1) is 0 Å². The van der Waals surface area contributed by atoms with E-state index in [0.29, 0.717) is 5.56 Å². The summed E-state index contributed by atoms with van der Waals surface area (Å²) in [4.78, 5) is 1.15. The Bertz CT molecular complexity index is 551. The molecule has 0 radical (unpaired) electrons. The smallest absolute Gasteiger partial charge is 0.387 e. The van der Waals surface area contributed by atoms with E-state index in [-0.39, 0.29) is 12.6 Å². The molecule has 0 saturated heterocycles. The summed E-state index contributed by atoms with van der Waals surface area (Å²) in [7, 11) is 0. The van der Waals surface area contributed by atoms with Crippen LogP contribution >= 0.6 is 11.3 Å². The van der Waals surface area contributed by atoms with Crippen molar-refractivity contribution >= 4 is 11.3 Å². The van der Waals surface area contributed by atoms with Crippen LogP contribution in [0.1, 0.15) is 35.1 Å². The van der Waals surface area contributed by atoms with E-state index < -0.39 is 17.8 Å². The van der Waals surface area contributed by atoms with Gasteiger partial charge in [-0.25, -0.2) is 0 Å². The number of hydrogen-bond acceptors (Lipinski definition) is 3. The molecule has 2 unspecified atom stereocenters. The molecule has 2 rings (SSSR count). The van der Waals surface area contributed by atoms with E-state index in [0.717, 1.165) is 17.0 Å². The van der Waals surface area contributed by atoms with Gasteiger partial charge >= 0.3 is 6.18 Å². The van der Waals surface area contributed by atoms with E-state index >= 15 is 0 Å². The molecule has 0 aliphatic rings. The molecule has 0 spiro atoms. The molecule has 0 fully saturated rings. The first-order chi connectivity index (χ1) is 9.88. The van der Waals surface area contributed by atoms with Crippen LogP contribution in [0.25, 0.3) is 0 Å². The van der Waals surface area contributed by atoms with Crippen molar-refractivity contribution < 1.29 is 18.3 Å². The minimum atomic E-state index is -4.35. The van der Waals surface area contributed by atoms with E-state index in [9.17, 15) is 18.3 Å². The number of aliphatic hydroxyl groups excluding tert-OH is 1. The van der Waals surface area contributed by atoms with Gasteiger partial charge in [0.05, 0.1) is 11.7 Å². The third-order valence-corrected chi connectivity index (χ3v) is 4.27. The predicted molar refractivity (Wildman–Crippen MR) is 77.1 cm³/mol. The highest BCUT2D eigenvalue weighted by Crippen LogP contribution is 2.30. The van der Waals surface area contributed by atoms with Gasteiger partial charge in [0, 0.05) is 17.5 Å². The van der Waals surface area contributed by atoms with Gasteiger partial charge < -0.3 is 10.4 Å². The molecular weight excluding hydrogens is 299 g/mol. The molecule has 114 valence electrons. The van der Waals surface area contributed by atoms with Crippen molar-refractivity contribution in [1.29, 1.82) is 0 Å². The Morgan fingerprint density at radius 3 is 2.38 bits per heavy atom. The molecule has 0 saturated carbocycles. The van der Waals surface area contributed by atoms with Crippen LogP contribution in [0.2, 0.25) is 0 Å². The number of rotatable bonds is 5. The molecule has 2 atom stereocenters. The van der Waals surface area contributed by atoms with Crippen molar-refractivity contribution in [2.24, 2.45) is 0 Å². The van der Waals surface area contributed by atoms with Crippen molar-refractivity contribution in [2.75, 3.05) is 6.54 Å². The van der Waals surface area contributed by atoms with Crippen molar-refractivity contribution in [2.45, 2.75) is 25.2 Å².